The molecule has 0 aliphatic rings. The fourth-order valence-electron chi connectivity index (χ4n) is 1.51. The van der Waals surface area contributed by atoms with Gasteiger partial charge in [0.1, 0.15) is 5.56 Å². The standard InChI is InChI=1S/C12H13N3O2S/c1-7-3-11(16)10(5-13-7)12(17)14-4-9-6-18-8(2)15-9/h3,5-6H,4H2,1-2H3,(H,13,16)(H,14,17). The van der Waals surface area contributed by atoms with Crippen molar-refractivity contribution < 1.29 is 4.79 Å². The van der Waals surface area contributed by atoms with Crippen LogP contribution in [0.3, 0.4) is 0 Å². The lowest BCUT2D eigenvalue weighted by Crippen LogP contribution is -2.28. The molecule has 0 unspecified atom stereocenters. The first-order chi connectivity index (χ1) is 8.56. The molecule has 1 amide bonds. The molecule has 0 aliphatic carbocycles. The second-order valence-electron chi connectivity index (χ2n) is 3.93. The summed E-state index contributed by atoms with van der Waals surface area (Å²) in [6.07, 6.45) is 1.43. The van der Waals surface area contributed by atoms with Crippen molar-refractivity contribution in [2.24, 2.45) is 0 Å². The Bertz CT molecular complexity index is 630. The Hall–Kier alpha value is -1.95. The van der Waals surface area contributed by atoms with E-state index in [0.29, 0.717) is 6.54 Å². The molecule has 0 atom stereocenters. The van der Waals surface area contributed by atoms with Gasteiger partial charge >= 0.3 is 0 Å². The zero-order valence-electron chi connectivity index (χ0n) is 10.1. The van der Waals surface area contributed by atoms with Gasteiger partial charge in [0.25, 0.3) is 5.91 Å². The van der Waals surface area contributed by atoms with Gasteiger partial charge in [0.05, 0.1) is 17.2 Å². The van der Waals surface area contributed by atoms with E-state index in [-0.39, 0.29) is 16.9 Å². The van der Waals surface area contributed by atoms with Gasteiger partial charge in [-0.25, -0.2) is 4.98 Å². The summed E-state index contributed by atoms with van der Waals surface area (Å²) in [4.78, 5) is 30.5. The summed E-state index contributed by atoms with van der Waals surface area (Å²) in [5.74, 6) is -0.387. The minimum absolute atomic E-state index is 0.118. The molecule has 2 aromatic heterocycles. The van der Waals surface area contributed by atoms with Gasteiger partial charge in [-0.15, -0.1) is 11.3 Å². The summed E-state index contributed by atoms with van der Waals surface area (Å²) in [7, 11) is 0. The van der Waals surface area contributed by atoms with Crippen molar-refractivity contribution in [2.45, 2.75) is 20.4 Å². The van der Waals surface area contributed by atoms with Crippen molar-refractivity contribution >= 4 is 17.2 Å². The number of thiazole rings is 1. The molecule has 0 aliphatic heterocycles. The number of H-pyrrole nitrogens is 1. The molecule has 0 spiro atoms. The fraction of sp³-hybridized carbons (Fsp3) is 0.250. The zero-order chi connectivity index (χ0) is 13.1. The van der Waals surface area contributed by atoms with Crippen molar-refractivity contribution in [3.63, 3.8) is 0 Å². The average molecular weight is 263 g/mol. The number of aryl methyl sites for hydroxylation is 2. The second kappa shape index (κ2) is 5.14. The van der Waals surface area contributed by atoms with Crippen LogP contribution in [0.1, 0.15) is 26.8 Å². The van der Waals surface area contributed by atoms with Crippen LogP contribution in [-0.4, -0.2) is 15.9 Å². The molecule has 18 heavy (non-hydrogen) atoms. The monoisotopic (exact) mass is 263 g/mol. The number of pyridine rings is 1. The molecule has 94 valence electrons. The summed E-state index contributed by atoms with van der Waals surface area (Å²) in [6.45, 7) is 4.00. The lowest BCUT2D eigenvalue weighted by atomic mass is 10.2. The highest BCUT2D eigenvalue weighted by molar-refractivity contribution is 7.09. The van der Waals surface area contributed by atoms with E-state index in [1.54, 1.807) is 6.92 Å². The summed E-state index contributed by atoms with van der Waals surface area (Å²) in [6, 6.07) is 1.40. The third-order valence-electron chi connectivity index (χ3n) is 2.40. The number of nitrogens with zero attached hydrogens (tertiary/aromatic N) is 1. The van der Waals surface area contributed by atoms with Crippen molar-refractivity contribution in [1.82, 2.24) is 15.3 Å². The molecule has 0 fully saturated rings. The molecule has 0 aromatic carbocycles. The molecular weight excluding hydrogens is 250 g/mol. The molecule has 0 saturated heterocycles. The third kappa shape index (κ3) is 2.84. The lowest BCUT2D eigenvalue weighted by molar-refractivity contribution is 0.0949. The highest BCUT2D eigenvalue weighted by Crippen LogP contribution is 2.07. The van der Waals surface area contributed by atoms with E-state index in [9.17, 15) is 9.59 Å². The van der Waals surface area contributed by atoms with E-state index in [0.717, 1.165) is 16.4 Å². The van der Waals surface area contributed by atoms with Gasteiger partial charge in [0, 0.05) is 23.3 Å². The van der Waals surface area contributed by atoms with E-state index in [2.05, 4.69) is 15.3 Å². The Balaban J connectivity index is 2.06. The molecule has 5 nitrogen and oxygen atoms in total. The van der Waals surface area contributed by atoms with Crippen LogP contribution in [0, 0.1) is 13.8 Å². The number of amides is 1. The SMILES string of the molecule is Cc1cc(=O)c(C(=O)NCc2csc(C)n2)c[nH]1. The molecule has 6 heteroatoms. The number of rotatable bonds is 3. The van der Waals surface area contributed by atoms with E-state index in [1.807, 2.05) is 12.3 Å². The molecule has 2 heterocycles. The smallest absolute Gasteiger partial charge is 0.257 e. The van der Waals surface area contributed by atoms with E-state index < -0.39 is 0 Å². The Morgan fingerprint density at radius 1 is 1.50 bits per heavy atom. The van der Waals surface area contributed by atoms with E-state index >= 15 is 0 Å². The first kappa shape index (κ1) is 12.5. The highest BCUT2D eigenvalue weighted by Gasteiger charge is 2.10. The molecule has 0 radical (unpaired) electrons. The highest BCUT2D eigenvalue weighted by atomic mass is 32.1. The van der Waals surface area contributed by atoms with Gasteiger partial charge in [-0.3, -0.25) is 9.59 Å². The van der Waals surface area contributed by atoms with E-state index in [4.69, 9.17) is 0 Å². The van der Waals surface area contributed by atoms with Crippen LogP contribution < -0.4 is 10.7 Å². The van der Waals surface area contributed by atoms with Gasteiger partial charge in [0.15, 0.2) is 5.43 Å². The number of hydrogen-bond donors (Lipinski definition) is 2. The number of carbonyl (C=O) groups excluding carboxylic acids is 1. The largest absolute Gasteiger partial charge is 0.364 e. The normalized spacial score (nSPS) is 10.3. The van der Waals surface area contributed by atoms with Gasteiger partial charge in [-0.05, 0) is 13.8 Å². The Labute approximate surface area is 108 Å². The van der Waals surface area contributed by atoms with Crippen LogP contribution in [0.2, 0.25) is 0 Å². The molecule has 2 rings (SSSR count). The Morgan fingerprint density at radius 3 is 2.89 bits per heavy atom. The fourth-order valence-corrected chi connectivity index (χ4v) is 2.12. The number of nitrogens with one attached hydrogen (secondary N) is 2. The van der Waals surface area contributed by atoms with Crippen LogP contribution in [0.5, 0.6) is 0 Å². The maximum atomic E-state index is 11.8. The van der Waals surface area contributed by atoms with Gasteiger partial charge in [0.2, 0.25) is 0 Å². The minimum atomic E-state index is -0.387. The van der Waals surface area contributed by atoms with Gasteiger partial charge in [-0.2, -0.15) is 0 Å². The van der Waals surface area contributed by atoms with E-state index in [1.165, 1.54) is 23.6 Å². The van der Waals surface area contributed by atoms with Crippen LogP contribution in [-0.2, 0) is 6.54 Å². The summed E-state index contributed by atoms with van der Waals surface area (Å²) < 4.78 is 0. The molecule has 2 N–H and O–H groups in total. The van der Waals surface area contributed by atoms with Gasteiger partial charge in [-0.1, -0.05) is 0 Å². The zero-order valence-corrected chi connectivity index (χ0v) is 10.9. The van der Waals surface area contributed by atoms with Crippen LogP contribution in [0.15, 0.2) is 22.4 Å². The topological polar surface area (TPSA) is 74.8 Å². The maximum absolute atomic E-state index is 11.8. The molecule has 0 saturated carbocycles. The molecular formula is C12H13N3O2S. The second-order valence-corrected chi connectivity index (χ2v) is 5.00. The number of hydrogen-bond acceptors (Lipinski definition) is 4. The lowest BCUT2D eigenvalue weighted by Gasteiger charge is -2.03. The summed E-state index contributed by atoms with van der Waals surface area (Å²) in [5, 5.41) is 5.51. The van der Waals surface area contributed by atoms with Gasteiger partial charge < -0.3 is 10.3 Å². The summed E-state index contributed by atoms with van der Waals surface area (Å²) >= 11 is 1.53. The molecule has 0 bridgehead atoms. The predicted octanol–water partition coefficient (Wildman–Crippen LogP) is 1.38. The molecule has 2 aromatic rings. The average Bonchev–Trinajstić information content (AvgIpc) is 2.72. The Morgan fingerprint density at radius 2 is 2.28 bits per heavy atom. The first-order valence-corrected chi connectivity index (χ1v) is 6.33. The van der Waals surface area contributed by atoms with Crippen molar-refractivity contribution in [1.29, 1.82) is 0 Å². The summed E-state index contributed by atoms with van der Waals surface area (Å²) in [5.41, 5.74) is 1.37. The quantitative estimate of drug-likeness (QED) is 0.878. The van der Waals surface area contributed by atoms with Crippen LogP contribution in [0.25, 0.3) is 0 Å². The van der Waals surface area contributed by atoms with Crippen molar-refractivity contribution in [2.75, 3.05) is 0 Å². The van der Waals surface area contributed by atoms with Crippen LogP contribution in [0.4, 0.5) is 0 Å². The maximum Gasteiger partial charge on any atom is 0.257 e. The number of aromatic amines is 1. The number of carbonyl (C=O) groups is 1. The van der Waals surface area contributed by atoms with Crippen molar-refractivity contribution in [3.8, 4) is 0 Å². The third-order valence-corrected chi connectivity index (χ3v) is 3.22. The predicted molar refractivity (Wildman–Crippen MR) is 69.8 cm³/mol. The Kier molecular flexibility index (Phi) is 3.57. The van der Waals surface area contributed by atoms with Crippen LogP contribution >= 0.6 is 11.3 Å². The van der Waals surface area contributed by atoms with Crippen molar-refractivity contribution in [3.05, 3.63) is 49.8 Å². The number of aromatic nitrogens is 2. The first-order valence-electron chi connectivity index (χ1n) is 5.45. The minimum Gasteiger partial charge on any atom is -0.364 e.